The minimum Gasteiger partial charge on any atom is -0.497 e. The summed E-state index contributed by atoms with van der Waals surface area (Å²) in [6, 6.07) is 8.54. The molecule has 0 N–H and O–H groups in total. The second-order valence-corrected chi connectivity index (χ2v) is 7.70. The molecule has 7 heteroatoms. The molecule has 22 heavy (non-hydrogen) atoms. The van der Waals surface area contributed by atoms with Gasteiger partial charge in [-0.2, -0.15) is 0 Å². The van der Waals surface area contributed by atoms with Gasteiger partial charge in [0.15, 0.2) is 7.65 Å². The van der Waals surface area contributed by atoms with Gasteiger partial charge in [0.1, 0.15) is 5.75 Å². The monoisotopic (exact) mass is 430 g/mol. The zero-order chi connectivity index (χ0) is 16.6. The van der Waals surface area contributed by atoms with Crippen LogP contribution in [0.25, 0.3) is 0 Å². The topological polar surface area (TPSA) is 9.23 Å². The third-order valence-electron chi connectivity index (χ3n) is 3.30. The van der Waals surface area contributed by atoms with E-state index in [1.54, 1.807) is 12.7 Å². The highest BCUT2D eigenvalue weighted by atomic mass is 127. The summed E-state index contributed by atoms with van der Waals surface area (Å²) in [7, 11) is -4.28. The Morgan fingerprint density at radius 2 is 1.59 bits per heavy atom. The van der Waals surface area contributed by atoms with E-state index in [9.17, 15) is 17.3 Å². The van der Waals surface area contributed by atoms with Gasteiger partial charge in [0, 0.05) is 0 Å². The first-order valence-electron chi connectivity index (χ1n) is 7.10. The standard InChI is InChI=1S/C15H20IO.BF4/c1-12-3-5-13(6-4-12)11-16-14-7-9-15(17-2)10-8-14;2-1(3,4)5/h7-12H,3-6H2,1-2H3;/q+1;-1. The fourth-order valence-electron chi connectivity index (χ4n) is 2.03. The van der Waals surface area contributed by atoms with Crippen LogP contribution in [0.2, 0.25) is 0 Å². The Hall–Kier alpha value is -0.725. The zero-order valence-corrected chi connectivity index (χ0v) is 14.8. The molecule has 0 heterocycles. The highest BCUT2D eigenvalue weighted by molar-refractivity contribution is 6.50. The Labute approximate surface area is 139 Å². The van der Waals surface area contributed by atoms with Crippen LogP contribution < -0.4 is 25.9 Å². The van der Waals surface area contributed by atoms with Crippen molar-refractivity contribution in [1.29, 1.82) is 0 Å². The molecule has 1 aromatic rings. The lowest BCUT2D eigenvalue weighted by Gasteiger charge is -2.18. The molecule has 0 amide bonds. The van der Waals surface area contributed by atoms with E-state index in [2.05, 4.69) is 35.3 Å². The van der Waals surface area contributed by atoms with Gasteiger partial charge in [-0.15, -0.1) is 0 Å². The van der Waals surface area contributed by atoms with Gasteiger partial charge in [-0.3, -0.25) is 0 Å². The lowest BCUT2D eigenvalue weighted by Crippen LogP contribution is -3.59. The highest BCUT2D eigenvalue weighted by Crippen LogP contribution is 2.26. The van der Waals surface area contributed by atoms with E-state index < -0.39 is 7.25 Å². The molecule has 1 saturated carbocycles. The van der Waals surface area contributed by atoms with Crippen LogP contribution in [0.1, 0.15) is 32.6 Å². The van der Waals surface area contributed by atoms with Gasteiger partial charge in [-0.05, 0) is 61.4 Å². The first-order chi connectivity index (χ1) is 10.3. The molecule has 1 aliphatic rings. The lowest BCUT2D eigenvalue weighted by atomic mass is 9.88. The molecule has 0 unspecified atom stereocenters. The molecule has 0 saturated heterocycles. The molecular weight excluding hydrogens is 410 g/mol. The fraction of sp³-hybridized carbons (Fsp3) is 0.467. The number of hydrogen-bond acceptors (Lipinski definition) is 1. The van der Waals surface area contributed by atoms with Gasteiger partial charge in [0.05, 0.1) is 7.11 Å². The van der Waals surface area contributed by atoms with Gasteiger partial charge in [0.25, 0.3) is 0 Å². The summed E-state index contributed by atoms with van der Waals surface area (Å²) in [5, 5.41) is 0. The minimum absolute atomic E-state index is 0.0513. The maximum atomic E-state index is 9.75. The van der Waals surface area contributed by atoms with Crippen molar-refractivity contribution in [3.63, 3.8) is 0 Å². The second kappa shape index (κ2) is 9.42. The summed E-state index contributed by atoms with van der Waals surface area (Å²) >= 11 is 0.0513. The van der Waals surface area contributed by atoms with Gasteiger partial charge < -0.3 is 22.0 Å². The zero-order valence-electron chi connectivity index (χ0n) is 12.7. The van der Waals surface area contributed by atoms with Crippen molar-refractivity contribution in [2.24, 2.45) is 5.92 Å². The third-order valence-corrected chi connectivity index (χ3v) is 5.93. The lowest BCUT2D eigenvalue weighted by molar-refractivity contribution is -0.557. The van der Waals surface area contributed by atoms with Crippen LogP contribution in [0.15, 0.2) is 33.9 Å². The number of rotatable bonds is 3. The van der Waals surface area contributed by atoms with Crippen LogP contribution >= 0.6 is 0 Å². The third kappa shape index (κ3) is 9.32. The van der Waals surface area contributed by atoms with Crippen LogP contribution in [0.3, 0.4) is 0 Å². The summed E-state index contributed by atoms with van der Waals surface area (Å²) in [5.74, 6) is 1.89. The van der Waals surface area contributed by atoms with Crippen molar-refractivity contribution in [3.05, 3.63) is 37.5 Å². The normalized spacial score (nSPS) is 18.3. The Morgan fingerprint density at radius 1 is 1.09 bits per heavy atom. The molecule has 0 bridgehead atoms. The van der Waals surface area contributed by atoms with Crippen molar-refractivity contribution in [2.75, 3.05) is 7.11 Å². The first-order valence-corrected chi connectivity index (χ1v) is 9.43. The van der Waals surface area contributed by atoms with E-state index in [0.717, 1.165) is 11.7 Å². The number of hydrogen-bond donors (Lipinski definition) is 0. The highest BCUT2D eigenvalue weighted by Gasteiger charge is 2.20. The Bertz CT molecular complexity index is 457. The average molecular weight is 430 g/mol. The predicted octanol–water partition coefficient (Wildman–Crippen LogP) is 2.35. The summed E-state index contributed by atoms with van der Waals surface area (Å²) in [6.45, 7) is 2.37. The van der Waals surface area contributed by atoms with Crippen molar-refractivity contribution >= 4 is 7.25 Å². The minimum atomic E-state index is -6.00. The van der Waals surface area contributed by atoms with Crippen molar-refractivity contribution in [3.8, 4) is 5.75 Å². The van der Waals surface area contributed by atoms with E-state index in [4.69, 9.17) is 4.74 Å². The molecule has 2 rings (SSSR count). The summed E-state index contributed by atoms with van der Waals surface area (Å²) in [4.78, 5) is 0. The van der Waals surface area contributed by atoms with Gasteiger partial charge >= 0.3 is 28.5 Å². The molecule has 0 aliphatic heterocycles. The average Bonchev–Trinajstić information content (AvgIpc) is 2.45. The summed E-state index contributed by atoms with van der Waals surface area (Å²) in [5.41, 5.74) is 1.70. The fourth-order valence-corrected chi connectivity index (χ4v) is 4.22. The van der Waals surface area contributed by atoms with Crippen molar-refractivity contribution < 1.29 is 43.2 Å². The van der Waals surface area contributed by atoms with E-state index in [-0.39, 0.29) is 21.2 Å². The maximum absolute atomic E-state index is 9.75. The predicted molar refractivity (Wildman–Crippen MR) is 77.6 cm³/mol. The summed E-state index contributed by atoms with van der Waals surface area (Å²) < 4.78 is 48.2. The van der Waals surface area contributed by atoms with Crippen LogP contribution in [-0.4, -0.2) is 14.4 Å². The Morgan fingerprint density at radius 3 is 2.05 bits per heavy atom. The number of allylic oxidation sites excluding steroid dienone is 1. The van der Waals surface area contributed by atoms with E-state index >= 15 is 0 Å². The molecule has 0 aromatic heterocycles. The largest absolute Gasteiger partial charge is 0.673 e. The smallest absolute Gasteiger partial charge is 0.497 e. The number of ether oxygens (including phenoxy) is 1. The molecular formula is C15H20BF4IO. The Kier molecular flexibility index (Phi) is 8.28. The van der Waals surface area contributed by atoms with E-state index in [0.29, 0.717) is 0 Å². The van der Waals surface area contributed by atoms with Crippen molar-refractivity contribution in [1.82, 2.24) is 0 Å². The van der Waals surface area contributed by atoms with Gasteiger partial charge in [0.2, 0.25) is 0 Å². The van der Waals surface area contributed by atoms with Gasteiger partial charge in [-0.1, -0.05) is 6.92 Å². The van der Waals surface area contributed by atoms with Crippen LogP contribution in [-0.2, 0) is 0 Å². The number of benzene rings is 1. The number of methoxy groups -OCH3 is 1. The molecule has 1 aromatic carbocycles. The molecule has 1 aliphatic carbocycles. The first kappa shape index (κ1) is 19.3. The van der Waals surface area contributed by atoms with Crippen molar-refractivity contribution in [2.45, 2.75) is 32.6 Å². The quantitative estimate of drug-likeness (QED) is 0.407. The molecule has 0 radical (unpaired) electrons. The maximum Gasteiger partial charge on any atom is 0.673 e. The van der Waals surface area contributed by atoms with Crippen LogP contribution in [0.4, 0.5) is 17.3 Å². The summed E-state index contributed by atoms with van der Waals surface area (Å²) in [6.07, 6.45) is 5.43. The second-order valence-electron chi connectivity index (χ2n) is 5.21. The SMILES string of the molecule is COc1ccc([I+]C=C2CCC(C)CC2)cc1.F[B-](F)(F)F. The Balaban J connectivity index is 0.000000422. The van der Waals surface area contributed by atoms with Gasteiger partial charge in [-0.25, -0.2) is 0 Å². The molecule has 0 spiro atoms. The molecule has 0 atom stereocenters. The molecule has 1 nitrogen and oxygen atoms in total. The van der Waals surface area contributed by atoms with E-state index in [1.165, 1.54) is 29.3 Å². The molecule has 124 valence electrons. The van der Waals surface area contributed by atoms with Crippen LogP contribution in [0.5, 0.6) is 5.75 Å². The number of halogens is 5. The van der Waals surface area contributed by atoms with Crippen LogP contribution in [0, 0.1) is 9.49 Å². The van der Waals surface area contributed by atoms with E-state index in [1.807, 2.05) is 0 Å². The molecule has 1 fully saturated rings.